The number of H-pyrrole nitrogens is 1. The molecule has 178 valence electrons. The van der Waals surface area contributed by atoms with Crippen LogP contribution in [0.4, 0.5) is 0 Å². The molecule has 0 aliphatic heterocycles. The van der Waals surface area contributed by atoms with Gasteiger partial charge in [0.05, 0.1) is 28.8 Å². The number of aromatic nitrogens is 3. The minimum Gasteiger partial charge on any atom is -0.493 e. The van der Waals surface area contributed by atoms with E-state index in [0.29, 0.717) is 12.3 Å². The first-order chi connectivity index (χ1) is 16.8. The first kappa shape index (κ1) is 23.0. The Kier molecular flexibility index (Phi) is 5.62. The van der Waals surface area contributed by atoms with Gasteiger partial charge >= 0.3 is 0 Å². The van der Waals surface area contributed by atoms with E-state index in [2.05, 4.69) is 55.0 Å². The Bertz CT molecular complexity index is 1580. The predicted octanol–water partition coefficient (Wildman–Crippen LogP) is 7.56. The Balaban J connectivity index is 1.61. The van der Waals surface area contributed by atoms with Gasteiger partial charge in [0, 0.05) is 42.8 Å². The number of imidazole rings is 1. The number of rotatable bonds is 6. The normalized spacial score (nSPS) is 14.3. The van der Waals surface area contributed by atoms with Crippen molar-refractivity contribution in [3.63, 3.8) is 0 Å². The van der Waals surface area contributed by atoms with Crippen LogP contribution in [0.25, 0.3) is 44.1 Å². The lowest BCUT2D eigenvalue weighted by Gasteiger charge is -2.17. The smallest absolute Gasteiger partial charge is 0.140 e. The number of aliphatic hydroxyl groups is 1. The van der Waals surface area contributed by atoms with E-state index in [1.165, 1.54) is 12.8 Å². The fourth-order valence-electron chi connectivity index (χ4n) is 4.57. The average Bonchev–Trinajstić information content (AvgIpc) is 3.53. The lowest BCUT2D eigenvalue weighted by molar-refractivity contribution is 0.0800. The summed E-state index contributed by atoms with van der Waals surface area (Å²) >= 11 is 7.36. The minimum absolute atomic E-state index is 0.471. The third kappa shape index (κ3) is 4.46. The molecule has 2 N–H and O–H groups in total. The summed E-state index contributed by atoms with van der Waals surface area (Å²) in [6.45, 7) is 4.37. The summed E-state index contributed by atoms with van der Waals surface area (Å²) in [5, 5.41) is 13.4. The molecule has 0 atom stereocenters. The van der Waals surface area contributed by atoms with Gasteiger partial charge in [-0.3, -0.25) is 4.98 Å². The SMILES string of the molecule is CC(C)(O)Cc1ccc2c(n1)c1cc(OCC3CC3)ccc1c1nc(-c3c(Br)cccc3Br)[nH]c21. The monoisotopic (exact) mass is 593 g/mol. The zero-order chi connectivity index (χ0) is 24.3. The number of benzene rings is 3. The van der Waals surface area contributed by atoms with E-state index in [-0.39, 0.29) is 0 Å². The summed E-state index contributed by atoms with van der Waals surface area (Å²) in [5.74, 6) is 2.31. The molecule has 0 amide bonds. The summed E-state index contributed by atoms with van der Waals surface area (Å²) in [6.07, 6.45) is 2.97. The van der Waals surface area contributed by atoms with E-state index >= 15 is 0 Å². The van der Waals surface area contributed by atoms with Crippen LogP contribution in [0.15, 0.2) is 57.5 Å². The molecular formula is C28H25Br2N3O2. The van der Waals surface area contributed by atoms with Gasteiger partial charge in [0.15, 0.2) is 0 Å². The maximum atomic E-state index is 10.4. The number of nitrogens with zero attached hydrogens (tertiary/aromatic N) is 2. The number of aromatic amines is 1. The highest BCUT2D eigenvalue weighted by molar-refractivity contribution is 9.11. The Hall–Kier alpha value is -2.48. The molecule has 1 aliphatic rings. The molecular weight excluding hydrogens is 570 g/mol. The van der Waals surface area contributed by atoms with Crippen molar-refractivity contribution in [1.29, 1.82) is 0 Å². The van der Waals surface area contributed by atoms with Crippen molar-refractivity contribution in [1.82, 2.24) is 15.0 Å². The van der Waals surface area contributed by atoms with Crippen molar-refractivity contribution in [2.75, 3.05) is 6.61 Å². The fourth-order valence-corrected chi connectivity index (χ4v) is 5.94. The topological polar surface area (TPSA) is 71.0 Å². The van der Waals surface area contributed by atoms with Crippen molar-refractivity contribution in [3.05, 3.63) is 63.2 Å². The van der Waals surface area contributed by atoms with Crippen molar-refractivity contribution >= 4 is 64.6 Å². The lowest BCUT2D eigenvalue weighted by Crippen LogP contribution is -2.22. The van der Waals surface area contributed by atoms with E-state index < -0.39 is 5.60 Å². The van der Waals surface area contributed by atoms with Gasteiger partial charge in [0.25, 0.3) is 0 Å². The second-order valence-corrected chi connectivity index (χ2v) is 11.8. The predicted molar refractivity (Wildman–Crippen MR) is 148 cm³/mol. The van der Waals surface area contributed by atoms with Crippen LogP contribution in [-0.2, 0) is 6.42 Å². The first-order valence-corrected chi connectivity index (χ1v) is 13.4. The molecule has 2 aromatic heterocycles. The van der Waals surface area contributed by atoms with Crippen LogP contribution in [0.3, 0.4) is 0 Å². The van der Waals surface area contributed by atoms with Crippen LogP contribution in [0.5, 0.6) is 5.75 Å². The molecule has 0 radical (unpaired) electrons. The zero-order valence-electron chi connectivity index (χ0n) is 19.5. The summed E-state index contributed by atoms with van der Waals surface area (Å²) in [6, 6.07) is 16.3. The van der Waals surface area contributed by atoms with Gasteiger partial charge in [0.1, 0.15) is 11.6 Å². The molecule has 7 heteroatoms. The summed E-state index contributed by atoms with van der Waals surface area (Å²) in [4.78, 5) is 13.6. The van der Waals surface area contributed by atoms with Crippen molar-refractivity contribution in [2.24, 2.45) is 5.92 Å². The molecule has 6 rings (SSSR count). The van der Waals surface area contributed by atoms with Crippen LogP contribution in [0, 0.1) is 5.92 Å². The first-order valence-electron chi connectivity index (χ1n) is 11.8. The highest BCUT2D eigenvalue weighted by Crippen LogP contribution is 2.40. The number of halogens is 2. The second kappa shape index (κ2) is 8.57. The largest absolute Gasteiger partial charge is 0.493 e. The Morgan fingerprint density at radius 1 is 0.971 bits per heavy atom. The maximum Gasteiger partial charge on any atom is 0.140 e. The maximum absolute atomic E-state index is 10.4. The van der Waals surface area contributed by atoms with Crippen LogP contribution in [-0.4, -0.2) is 32.3 Å². The van der Waals surface area contributed by atoms with E-state index in [9.17, 15) is 5.11 Å². The van der Waals surface area contributed by atoms with Gasteiger partial charge in [-0.25, -0.2) is 4.98 Å². The van der Waals surface area contributed by atoms with Crippen molar-refractivity contribution < 1.29 is 9.84 Å². The molecule has 0 bridgehead atoms. The van der Waals surface area contributed by atoms with Crippen LogP contribution >= 0.6 is 31.9 Å². The number of hydrogen-bond donors (Lipinski definition) is 2. The molecule has 1 saturated carbocycles. The van der Waals surface area contributed by atoms with E-state index in [4.69, 9.17) is 14.7 Å². The fraction of sp³-hybridized carbons (Fsp3) is 0.286. The molecule has 2 heterocycles. The van der Waals surface area contributed by atoms with E-state index in [0.717, 1.165) is 71.1 Å². The molecule has 3 aromatic carbocycles. The number of nitrogens with one attached hydrogen (secondary N) is 1. The van der Waals surface area contributed by atoms with E-state index in [1.54, 1.807) is 13.8 Å². The van der Waals surface area contributed by atoms with Crippen LogP contribution < -0.4 is 4.74 Å². The Morgan fingerprint density at radius 3 is 2.43 bits per heavy atom. The zero-order valence-corrected chi connectivity index (χ0v) is 22.7. The van der Waals surface area contributed by atoms with Gasteiger partial charge in [-0.1, -0.05) is 6.07 Å². The molecule has 0 unspecified atom stereocenters. The van der Waals surface area contributed by atoms with Crippen molar-refractivity contribution in [3.8, 4) is 17.1 Å². The number of hydrogen-bond acceptors (Lipinski definition) is 4. The third-order valence-electron chi connectivity index (χ3n) is 6.42. The average molecular weight is 595 g/mol. The van der Waals surface area contributed by atoms with Gasteiger partial charge in [-0.05, 0) is 107 Å². The van der Waals surface area contributed by atoms with Crippen LogP contribution in [0.2, 0.25) is 0 Å². The summed E-state index contributed by atoms with van der Waals surface area (Å²) in [5.41, 5.74) is 3.71. The third-order valence-corrected chi connectivity index (χ3v) is 7.74. The molecule has 5 aromatic rings. The van der Waals surface area contributed by atoms with E-state index in [1.807, 2.05) is 30.3 Å². The Labute approximate surface area is 220 Å². The quantitative estimate of drug-likeness (QED) is 0.199. The molecule has 1 aliphatic carbocycles. The van der Waals surface area contributed by atoms with Crippen molar-refractivity contribution in [2.45, 2.75) is 38.7 Å². The number of ether oxygens (including phenoxy) is 1. The number of fused-ring (bicyclic) bond motifs is 6. The minimum atomic E-state index is -0.841. The summed E-state index contributed by atoms with van der Waals surface area (Å²) < 4.78 is 8.03. The molecule has 35 heavy (non-hydrogen) atoms. The summed E-state index contributed by atoms with van der Waals surface area (Å²) in [7, 11) is 0. The number of pyridine rings is 1. The van der Waals surface area contributed by atoms with Gasteiger partial charge in [0.2, 0.25) is 0 Å². The second-order valence-electron chi connectivity index (χ2n) is 10.1. The molecule has 0 saturated heterocycles. The molecule has 5 nitrogen and oxygen atoms in total. The lowest BCUT2D eigenvalue weighted by atomic mass is 9.99. The highest BCUT2D eigenvalue weighted by atomic mass is 79.9. The molecule has 0 spiro atoms. The van der Waals surface area contributed by atoms with Gasteiger partial charge in [-0.15, -0.1) is 0 Å². The standard InChI is InChI=1S/C28H25Br2N3O2/c1-28(2,34)13-16-8-10-19-24(31-16)20-12-17(35-14-15-6-7-15)9-11-18(20)25-26(19)33-27(32-25)23-21(29)4-3-5-22(23)30/h3-5,8-12,15,34H,6-7,13-14H2,1-2H3,(H,32,33). The van der Waals surface area contributed by atoms with Crippen LogP contribution in [0.1, 0.15) is 32.4 Å². The van der Waals surface area contributed by atoms with Gasteiger partial charge < -0.3 is 14.8 Å². The Morgan fingerprint density at radius 2 is 1.71 bits per heavy atom. The van der Waals surface area contributed by atoms with Gasteiger partial charge in [-0.2, -0.15) is 0 Å². The highest BCUT2D eigenvalue weighted by Gasteiger charge is 2.23. The molecule has 1 fully saturated rings.